The maximum absolute atomic E-state index is 14.0. The van der Waals surface area contributed by atoms with E-state index in [9.17, 15) is 29.1 Å². The lowest BCUT2D eigenvalue weighted by Crippen LogP contribution is -2.57. The number of aliphatic hydroxyl groups is 1. The first kappa shape index (κ1) is 52.2. The Morgan fingerprint density at radius 2 is 1.48 bits per heavy atom. The summed E-state index contributed by atoms with van der Waals surface area (Å²) in [5, 5.41) is 27.8. The van der Waals surface area contributed by atoms with Gasteiger partial charge >= 0.3 is 6.03 Å². The van der Waals surface area contributed by atoms with Crippen LogP contribution in [0.5, 0.6) is 0 Å². The molecule has 2 aromatic heterocycles. The number of aromatic nitrogens is 3. The van der Waals surface area contributed by atoms with E-state index in [0.717, 1.165) is 71.3 Å². The highest BCUT2D eigenvalue weighted by atomic mass is 35.5. The van der Waals surface area contributed by atoms with E-state index in [1.54, 1.807) is 41.7 Å². The van der Waals surface area contributed by atoms with Crippen molar-refractivity contribution in [2.24, 2.45) is 5.41 Å². The topological polar surface area (TPSA) is 214 Å². The van der Waals surface area contributed by atoms with E-state index in [0.29, 0.717) is 46.6 Å². The number of nitrogens with one attached hydrogen (secondary N) is 4. The van der Waals surface area contributed by atoms with E-state index in [-0.39, 0.29) is 55.4 Å². The summed E-state index contributed by atoms with van der Waals surface area (Å²) in [6.45, 7) is 7.90. The van der Waals surface area contributed by atoms with Gasteiger partial charge in [-0.1, -0.05) is 125 Å². The number of carbonyl (C=O) groups is 5. The van der Waals surface area contributed by atoms with Crippen LogP contribution >= 0.6 is 22.9 Å². The lowest BCUT2D eigenvalue weighted by atomic mass is 9.85. The highest BCUT2D eigenvalue weighted by Gasteiger charge is 2.44. The Hall–Kier alpha value is -6.62. The number of hydrogen-bond donors (Lipinski definition) is 6. The summed E-state index contributed by atoms with van der Waals surface area (Å²) in [5.74, 6) is -0.831. The molecule has 374 valence electrons. The number of aliphatic hydroxyl groups excluding tert-OH is 1. The van der Waals surface area contributed by atoms with Gasteiger partial charge in [0.2, 0.25) is 23.6 Å². The molecule has 1 aliphatic rings. The number of likely N-dealkylation sites (tertiary alicyclic amines) is 1. The molecule has 0 aliphatic carbocycles. The Kier molecular flexibility index (Phi) is 17.6. The molecule has 0 radical (unpaired) electrons. The van der Waals surface area contributed by atoms with Gasteiger partial charge in [0.1, 0.15) is 12.1 Å². The molecule has 0 bridgehead atoms. The van der Waals surface area contributed by atoms with Crippen LogP contribution in [0.1, 0.15) is 107 Å². The fourth-order valence-electron chi connectivity index (χ4n) is 8.99. The van der Waals surface area contributed by atoms with Crippen molar-refractivity contribution in [2.45, 2.75) is 123 Å². The van der Waals surface area contributed by atoms with Gasteiger partial charge in [-0.3, -0.25) is 19.2 Å². The van der Waals surface area contributed by atoms with Crippen molar-refractivity contribution in [3.8, 4) is 21.6 Å². The number of nitrogens with two attached hydrogens (primary N) is 1. The van der Waals surface area contributed by atoms with E-state index in [1.807, 2.05) is 93.9 Å². The van der Waals surface area contributed by atoms with Crippen LogP contribution in [0.2, 0.25) is 5.02 Å². The molecule has 3 atom stereocenters. The summed E-state index contributed by atoms with van der Waals surface area (Å²) in [4.78, 5) is 73.7. The van der Waals surface area contributed by atoms with Gasteiger partial charge < -0.3 is 37.0 Å². The smallest absolute Gasteiger partial charge is 0.323 e. The van der Waals surface area contributed by atoms with Crippen LogP contribution in [0.15, 0.2) is 96.5 Å². The molecule has 0 saturated carbocycles. The minimum atomic E-state index is -0.873. The molecule has 1 aliphatic heterocycles. The number of nitrogens with zero attached hydrogens (tertiary/aromatic N) is 4. The number of rotatable bonds is 20. The van der Waals surface area contributed by atoms with Gasteiger partial charge in [0, 0.05) is 48.7 Å². The van der Waals surface area contributed by atoms with Crippen LogP contribution in [-0.4, -0.2) is 79.2 Å². The van der Waals surface area contributed by atoms with Crippen molar-refractivity contribution in [3.05, 3.63) is 113 Å². The number of benzene rings is 4. The van der Waals surface area contributed by atoms with Crippen molar-refractivity contribution in [2.75, 3.05) is 22.9 Å². The minimum absolute atomic E-state index is 0.0174. The number of anilines is 3. The first-order valence-electron chi connectivity index (χ1n) is 24.3. The lowest BCUT2D eigenvalue weighted by Gasteiger charge is -2.35. The molecule has 17 heteroatoms. The first-order chi connectivity index (χ1) is 34.0. The molecule has 7 N–H and O–H groups in total. The third-order valence-corrected chi connectivity index (χ3v) is 14.0. The van der Waals surface area contributed by atoms with E-state index in [2.05, 4.69) is 31.3 Å². The van der Waals surface area contributed by atoms with Gasteiger partial charge in [0.05, 0.1) is 33.1 Å². The highest BCUT2D eigenvalue weighted by Crippen LogP contribution is 2.35. The normalized spacial score (nSPS) is 15.1. The van der Waals surface area contributed by atoms with Crippen LogP contribution in [-0.2, 0) is 20.9 Å². The Labute approximate surface area is 423 Å². The number of halogens is 1. The minimum Gasteiger partial charge on any atom is -0.391 e. The molecule has 0 unspecified atom stereocenters. The second kappa shape index (κ2) is 24.0. The van der Waals surface area contributed by atoms with E-state index in [1.165, 1.54) is 9.58 Å². The number of thiazole rings is 1. The van der Waals surface area contributed by atoms with Crippen LogP contribution < -0.4 is 27.0 Å². The second-order valence-electron chi connectivity index (χ2n) is 19.3. The molecule has 0 spiro atoms. The number of fused-ring (bicyclic) bond motifs is 1. The number of carbonyl (C=O) groups excluding carboxylic acids is 5. The number of aryl methyl sites for hydroxylation is 1. The zero-order chi connectivity index (χ0) is 50.7. The molecule has 3 heterocycles. The van der Waals surface area contributed by atoms with Crippen LogP contribution in [0.4, 0.5) is 22.0 Å². The highest BCUT2D eigenvalue weighted by molar-refractivity contribution is 7.13. The van der Waals surface area contributed by atoms with Gasteiger partial charge in [-0.2, -0.15) is 4.68 Å². The predicted molar refractivity (Wildman–Crippen MR) is 282 cm³/mol. The molecule has 6 aromatic rings. The maximum Gasteiger partial charge on any atom is 0.323 e. The molecule has 4 aromatic carbocycles. The number of hydrogen-bond acceptors (Lipinski definition) is 10. The molecule has 1 saturated heterocycles. The Bertz CT molecular complexity index is 2840. The molecular weight excluding hydrogens is 938 g/mol. The Morgan fingerprint density at radius 1 is 0.831 bits per heavy atom. The predicted octanol–water partition coefficient (Wildman–Crippen LogP) is 10.4. The maximum atomic E-state index is 14.0. The number of nitrogen functional groups attached to an aromatic ring is 1. The molecule has 71 heavy (non-hydrogen) atoms. The summed E-state index contributed by atoms with van der Waals surface area (Å²) in [6, 6.07) is 25.6. The summed E-state index contributed by atoms with van der Waals surface area (Å²) in [5.41, 5.74) is 13.9. The molecule has 1 fully saturated rings. The monoisotopic (exact) mass is 1000 g/mol. The average molecular weight is 1000 g/mol. The van der Waals surface area contributed by atoms with Crippen molar-refractivity contribution in [1.29, 1.82) is 0 Å². The summed E-state index contributed by atoms with van der Waals surface area (Å²) >= 11 is 7.63. The van der Waals surface area contributed by atoms with Gasteiger partial charge in [-0.05, 0) is 83.8 Å². The standard InChI is InChI=1S/C54H64ClN9O6S/c1-34-48(71-33-58-34)36-26-24-35(25-27-36)31-57-51(68)44-30-41(65)32-63(44)52(69)49(54(2,3)4)61-45(66)22-11-9-7-5-6-8-10-12-23-46(67)64-43-21-15-20-42(47(43)50(56)62-64)37-16-13-18-39(28-37)59-53(70)60-40-19-14-17-38(55)29-40/h13-21,24-29,33,41,44,49,65H,5-12,22-23,30-32H2,1-4H3,(H2,56,62)(H,57,68)(H,61,66)(H2,59,60,70)/t41-,44+,49-/m1/s1. The number of amides is 5. The van der Waals surface area contributed by atoms with E-state index >= 15 is 0 Å². The van der Waals surface area contributed by atoms with Crippen LogP contribution in [0, 0.1) is 12.3 Å². The van der Waals surface area contributed by atoms with Crippen molar-refractivity contribution in [1.82, 2.24) is 30.3 Å². The molecular formula is C54H64ClN9O6S. The van der Waals surface area contributed by atoms with E-state index in [4.69, 9.17) is 17.3 Å². The quantitative estimate of drug-likeness (QED) is 0.0401. The lowest BCUT2D eigenvalue weighted by molar-refractivity contribution is -0.144. The third-order valence-electron chi connectivity index (χ3n) is 12.7. The zero-order valence-electron chi connectivity index (χ0n) is 40.8. The molecule has 15 nitrogen and oxygen atoms in total. The molecule has 5 amide bonds. The number of urea groups is 1. The zero-order valence-corrected chi connectivity index (χ0v) is 42.4. The van der Waals surface area contributed by atoms with E-state index < -0.39 is 29.6 Å². The van der Waals surface area contributed by atoms with Gasteiger partial charge in [-0.15, -0.1) is 16.4 Å². The van der Waals surface area contributed by atoms with Crippen molar-refractivity contribution < 1.29 is 29.1 Å². The SMILES string of the molecule is Cc1ncsc1-c1ccc(CNC(=O)[C@@H]2C[C@@H](O)CN2C(=O)[C@@H](NC(=O)CCCCCCCCCCC(=O)n2nc(N)c3c(-c4cccc(NC(=O)Nc5cccc(Cl)c5)c4)cccc32)C(C)(C)C)cc1. The average Bonchev–Trinajstić information content (AvgIpc) is 4.06. The third kappa shape index (κ3) is 13.8. The second-order valence-corrected chi connectivity index (χ2v) is 20.6. The number of unbranched alkanes of at least 4 members (excludes halogenated alkanes) is 7. The number of β-amino-alcohol motifs (C(OH)–C–C–N with tert-alkyl or cyclic N) is 1. The van der Waals surface area contributed by atoms with Gasteiger partial charge in [0.25, 0.3) is 0 Å². The molecule has 7 rings (SSSR count). The Morgan fingerprint density at radius 3 is 2.14 bits per heavy atom. The summed E-state index contributed by atoms with van der Waals surface area (Å²) < 4.78 is 1.39. The van der Waals surface area contributed by atoms with Crippen molar-refractivity contribution >= 4 is 80.7 Å². The summed E-state index contributed by atoms with van der Waals surface area (Å²) in [6.07, 6.45) is 6.96. The Balaban J connectivity index is 0.802. The van der Waals surface area contributed by atoms with Gasteiger partial charge in [0.15, 0.2) is 5.82 Å². The first-order valence-corrected chi connectivity index (χ1v) is 25.6. The fourth-order valence-corrected chi connectivity index (χ4v) is 10.00. The fraction of sp³-hybridized carbons (Fsp3) is 0.389. The van der Waals surface area contributed by atoms with Gasteiger partial charge in [-0.25, -0.2) is 9.78 Å². The largest absolute Gasteiger partial charge is 0.391 e. The van der Waals surface area contributed by atoms with Crippen LogP contribution in [0.3, 0.4) is 0 Å². The summed E-state index contributed by atoms with van der Waals surface area (Å²) in [7, 11) is 0. The van der Waals surface area contributed by atoms with Crippen molar-refractivity contribution in [3.63, 3.8) is 0 Å². The van der Waals surface area contributed by atoms with Crippen LogP contribution in [0.25, 0.3) is 32.5 Å².